The van der Waals surface area contributed by atoms with Gasteiger partial charge in [-0.3, -0.25) is 14.4 Å². The van der Waals surface area contributed by atoms with E-state index in [1.807, 2.05) is 6.92 Å². The number of carbonyl (C=O) groups excluding carboxylic acids is 3. The van der Waals surface area contributed by atoms with E-state index in [9.17, 15) is 14.4 Å². The first-order chi connectivity index (χ1) is 16.9. The molecule has 0 saturated heterocycles. The van der Waals surface area contributed by atoms with E-state index in [-0.39, 0.29) is 41.4 Å². The minimum Gasteiger partial charge on any atom is -0.494 e. The number of methoxy groups -OCH3 is 1. The van der Waals surface area contributed by atoms with Crippen LogP contribution >= 0.6 is 11.5 Å². The zero-order chi connectivity index (χ0) is 25.4. The van der Waals surface area contributed by atoms with Crippen molar-refractivity contribution >= 4 is 34.9 Å². The summed E-state index contributed by atoms with van der Waals surface area (Å²) in [6.07, 6.45) is 5.06. The van der Waals surface area contributed by atoms with E-state index in [1.54, 1.807) is 24.3 Å². The van der Waals surface area contributed by atoms with Crippen LogP contribution in [0.2, 0.25) is 0 Å². The van der Waals surface area contributed by atoms with E-state index in [0.29, 0.717) is 17.9 Å². The second-order valence-corrected chi connectivity index (χ2v) is 9.15. The van der Waals surface area contributed by atoms with Crippen LogP contribution in [0.1, 0.15) is 70.8 Å². The minimum atomic E-state index is -0.950. The highest BCUT2D eigenvalue weighted by atomic mass is 32.1. The van der Waals surface area contributed by atoms with Crippen LogP contribution in [0.25, 0.3) is 0 Å². The lowest BCUT2D eigenvalue weighted by Gasteiger charge is -2.33. The topological polar surface area (TPSA) is 150 Å². The van der Waals surface area contributed by atoms with Crippen LogP contribution < -0.4 is 21.5 Å². The summed E-state index contributed by atoms with van der Waals surface area (Å²) < 4.78 is 14.7. The number of hydrogen-bond donors (Lipinski definition) is 3. The van der Waals surface area contributed by atoms with Crippen molar-refractivity contribution in [2.45, 2.75) is 51.1 Å². The number of nitrogen functional groups attached to an aromatic ring is 1. The molecule has 0 aliphatic heterocycles. The lowest BCUT2D eigenvalue weighted by molar-refractivity contribution is -0.127. The van der Waals surface area contributed by atoms with Crippen LogP contribution in [0.3, 0.4) is 0 Å². The number of nitrogens with one attached hydrogen (secondary N) is 1. The van der Waals surface area contributed by atoms with E-state index < -0.39 is 17.9 Å². The Balaban J connectivity index is 2.00. The minimum absolute atomic E-state index is 0.0516. The number of ether oxygens (including phenoxy) is 2. The lowest BCUT2D eigenvalue weighted by atomic mass is 9.94. The van der Waals surface area contributed by atoms with Gasteiger partial charge in [-0.15, -0.1) is 0 Å². The Morgan fingerprint density at radius 2 is 1.89 bits per heavy atom. The van der Waals surface area contributed by atoms with Crippen LogP contribution in [-0.2, 0) is 9.53 Å². The van der Waals surface area contributed by atoms with Gasteiger partial charge in [0.05, 0.1) is 18.9 Å². The van der Waals surface area contributed by atoms with Crippen LogP contribution in [-0.4, -0.2) is 59.9 Å². The van der Waals surface area contributed by atoms with E-state index in [1.165, 1.54) is 12.0 Å². The highest BCUT2D eigenvalue weighted by Gasteiger charge is 2.35. The van der Waals surface area contributed by atoms with Gasteiger partial charge in [0.25, 0.3) is 11.8 Å². The maximum Gasteiger partial charge on any atom is 0.270 e. The maximum atomic E-state index is 13.7. The van der Waals surface area contributed by atoms with Crippen LogP contribution in [0.5, 0.6) is 5.75 Å². The summed E-state index contributed by atoms with van der Waals surface area (Å²) in [7, 11) is 1.52. The van der Waals surface area contributed by atoms with Crippen molar-refractivity contribution in [3.63, 3.8) is 0 Å². The highest BCUT2D eigenvalue weighted by molar-refractivity contribution is 7.09. The molecule has 0 spiro atoms. The molecule has 2 aromatic rings. The van der Waals surface area contributed by atoms with Crippen LogP contribution in [0.15, 0.2) is 24.3 Å². The number of carbonyl (C=O) groups is 3. The Morgan fingerprint density at radius 3 is 2.46 bits per heavy atom. The van der Waals surface area contributed by atoms with Crippen LogP contribution in [0, 0.1) is 0 Å². The van der Waals surface area contributed by atoms with E-state index in [0.717, 1.165) is 43.6 Å². The van der Waals surface area contributed by atoms with Crippen LogP contribution in [0.4, 0.5) is 5.69 Å². The molecule has 1 aromatic carbocycles. The monoisotopic (exact) mass is 503 g/mol. The van der Waals surface area contributed by atoms with E-state index in [2.05, 4.69) is 9.69 Å². The predicted molar refractivity (Wildman–Crippen MR) is 133 cm³/mol. The zero-order valence-corrected chi connectivity index (χ0v) is 20.9. The summed E-state index contributed by atoms with van der Waals surface area (Å²) in [6, 6.07) is 6.18. The molecule has 190 valence electrons. The molecule has 0 unspecified atom stereocenters. The van der Waals surface area contributed by atoms with Crippen molar-refractivity contribution in [1.82, 2.24) is 14.6 Å². The molecule has 1 fully saturated rings. The van der Waals surface area contributed by atoms with Gasteiger partial charge >= 0.3 is 0 Å². The Morgan fingerprint density at radius 1 is 1.20 bits per heavy atom. The summed E-state index contributed by atoms with van der Waals surface area (Å²) >= 11 is 0.784. The van der Waals surface area contributed by atoms with Crippen molar-refractivity contribution in [2.75, 3.05) is 32.6 Å². The first-order valence-corrected chi connectivity index (χ1v) is 12.5. The summed E-state index contributed by atoms with van der Waals surface area (Å²) in [5.74, 6) is -0.972. The average molecular weight is 504 g/mol. The fraction of sp³-hybridized carbons (Fsp3) is 0.500. The van der Waals surface area contributed by atoms with Gasteiger partial charge < -0.3 is 31.2 Å². The third-order valence-electron chi connectivity index (χ3n) is 5.97. The molecule has 1 aliphatic carbocycles. The first-order valence-electron chi connectivity index (χ1n) is 11.7. The number of aromatic nitrogens is 1. The van der Waals surface area contributed by atoms with Crippen molar-refractivity contribution in [3.8, 4) is 5.75 Å². The third kappa shape index (κ3) is 6.49. The molecule has 10 nitrogen and oxygen atoms in total. The molecule has 1 saturated carbocycles. The number of benzene rings is 1. The molecule has 3 amide bonds. The predicted octanol–water partition coefficient (Wildman–Crippen LogP) is 2.50. The molecule has 0 radical (unpaired) electrons. The molecule has 35 heavy (non-hydrogen) atoms. The molecule has 11 heteroatoms. The van der Waals surface area contributed by atoms with Gasteiger partial charge in [-0.2, -0.15) is 4.37 Å². The number of amides is 3. The molecule has 1 aliphatic rings. The van der Waals surface area contributed by atoms with Gasteiger partial charge in [0.2, 0.25) is 5.91 Å². The summed E-state index contributed by atoms with van der Waals surface area (Å²) in [5.41, 5.74) is 11.7. The fourth-order valence-corrected chi connectivity index (χ4v) is 4.97. The van der Waals surface area contributed by atoms with E-state index in [4.69, 9.17) is 20.9 Å². The van der Waals surface area contributed by atoms with Gasteiger partial charge in [-0.25, -0.2) is 0 Å². The number of primary amides is 1. The van der Waals surface area contributed by atoms with Crippen molar-refractivity contribution in [1.29, 1.82) is 0 Å². The molecule has 0 bridgehead atoms. The number of anilines is 1. The Kier molecular flexibility index (Phi) is 9.44. The number of hydrogen-bond acceptors (Lipinski definition) is 8. The number of nitrogens with two attached hydrogens (primary N) is 2. The van der Waals surface area contributed by atoms with Gasteiger partial charge in [0.15, 0.2) is 5.69 Å². The second kappa shape index (κ2) is 12.5. The summed E-state index contributed by atoms with van der Waals surface area (Å²) in [6.45, 7) is 2.71. The summed E-state index contributed by atoms with van der Waals surface area (Å²) in [5, 5.41) is 3.14. The number of rotatable bonds is 11. The Labute approximate surface area is 209 Å². The molecule has 3 rings (SSSR count). The molecule has 1 heterocycles. The molecular weight excluding hydrogens is 470 g/mol. The quantitative estimate of drug-likeness (QED) is 0.426. The standard InChI is InChI=1S/C24H33N5O5S/c1-3-34-17-11-9-15(10-12-17)20(23(31)27-16-7-5-4-6-8-16)29(13-14-33-2)24(32)21-18(25)19(22(26)30)28-35-21/h9-12,16,20H,3-8,13-14,25H2,1-2H3,(H2,26,30)(H,27,31)/t20-/m0/s1. The molecule has 1 atom stereocenters. The largest absolute Gasteiger partial charge is 0.494 e. The lowest BCUT2D eigenvalue weighted by Crippen LogP contribution is -2.48. The Hall–Kier alpha value is -3.18. The van der Waals surface area contributed by atoms with Gasteiger partial charge in [-0.1, -0.05) is 31.4 Å². The smallest absolute Gasteiger partial charge is 0.270 e. The third-order valence-corrected chi connectivity index (χ3v) is 6.82. The van der Waals surface area contributed by atoms with Gasteiger partial charge in [0, 0.05) is 19.7 Å². The Bertz CT molecular complexity index is 1020. The molecule has 5 N–H and O–H groups in total. The fourth-order valence-electron chi connectivity index (χ4n) is 4.21. The van der Waals surface area contributed by atoms with Gasteiger partial charge in [0.1, 0.15) is 16.7 Å². The normalized spacial score (nSPS) is 14.8. The zero-order valence-electron chi connectivity index (χ0n) is 20.1. The number of nitrogens with zero attached hydrogens (tertiary/aromatic N) is 2. The molecular formula is C24H33N5O5S. The van der Waals surface area contributed by atoms with Crippen molar-refractivity contribution < 1.29 is 23.9 Å². The first kappa shape index (κ1) is 26.4. The average Bonchev–Trinajstić information content (AvgIpc) is 3.24. The second-order valence-electron chi connectivity index (χ2n) is 8.38. The van der Waals surface area contributed by atoms with Crippen molar-refractivity contribution in [2.24, 2.45) is 5.73 Å². The van der Waals surface area contributed by atoms with Gasteiger partial charge in [-0.05, 0) is 49.0 Å². The SMILES string of the molecule is CCOc1ccc([C@@H](C(=O)NC2CCCCC2)N(CCOC)C(=O)c2snc(C(N)=O)c2N)cc1. The maximum absolute atomic E-state index is 13.7. The summed E-state index contributed by atoms with van der Waals surface area (Å²) in [4.78, 5) is 40.5. The highest BCUT2D eigenvalue weighted by Crippen LogP contribution is 2.30. The van der Waals surface area contributed by atoms with E-state index >= 15 is 0 Å². The van der Waals surface area contributed by atoms with Crippen molar-refractivity contribution in [3.05, 3.63) is 40.4 Å². The molecule has 1 aromatic heterocycles.